The Kier molecular flexibility index (Phi) is 20.2. The van der Waals surface area contributed by atoms with Gasteiger partial charge in [-0.05, 0) is 177 Å². The minimum atomic E-state index is -0.377. The molecule has 0 amide bonds. The van der Waals surface area contributed by atoms with Crippen LogP contribution < -0.4 is 10.6 Å². The topological polar surface area (TPSA) is 45.4 Å². The van der Waals surface area contributed by atoms with Gasteiger partial charge in [0.2, 0.25) is 0 Å². The lowest BCUT2D eigenvalue weighted by atomic mass is 9.84. The van der Waals surface area contributed by atoms with Crippen molar-refractivity contribution < 1.29 is 0 Å². The molecule has 4 nitrogen and oxygen atoms in total. The Labute approximate surface area is 425 Å². The number of nitrogens with zero attached hydrogens (tertiary/aromatic N) is 3. The minimum Gasteiger partial charge on any atom is -0.337 e. The van der Waals surface area contributed by atoms with Crippen LogP contribution in [0.2, 0.25) is 0 Å². The van der Waals surface area contributed by atoms with Gasteiger partial charge in [0, 0.05) is 51.5 Å². The molecular formula is C65H74N4S. The van der Waals surface area contributed by atoms with Crippen molar-refractivity contribution in [1.82, 2.24) is 9.88 Å². The molecule has 4 aromatic rings. The molecule has 1 aliphatic heterocycles. The molecule has 1 atom stereocenters. The zero-order valence-electron chi connectivity index (χ0n) is 43.6. The molecule has 2 N–H and O–H groups in total. The summed E-state index contributed by atoms with van der Waals surface area (Å²) in [7, 11) is 0. The van der Waals surface area contributed by atoms with Gasteiger partial charge in [0.1, 0.15) is 0 Å². The van der Waals surface area contributed by atoms with Crippen molar-refractivity contribution >= 4 is 45.4 Å². The van der Waals surface area contributed by atoms with Gasteiger partial charge in [-0.25, -0.2) is 0 Å². The van der Waals surface area contributed by atoms with E-state index >= 15 is 0 Å². The van der Waals surface area contributed by atoms with E-state index in [0.717, 1.165) is 68.2 Å². The van der Waals surface area contributed by atoms with Crippen LogP contribution >= 0.6 is 11.8 Å². The van der Waals surface area contributed by atoms with Crippen LogP contribution in [0.4, 0.5) is 11.4 Å². The van der Waals surface area contributed by atoms with Gasteiger partial charge in [-0.1, -0.05) is 150 Å². The zero-order valence-corrected chi connectivity index (χ0v) is 44.4. The molecule has 3 aliphatic rings. The lowest BCUT2D eigenvalue weighted by Gasteiger charge is -2.44. The Morgan fingerprint density at radius 2 is 1.67 bits per heavy atom. The van der Waals surface area contributed by atoms with Gasteiger partial charge in [-0.2, -0.15) is 0 Å². The standard InChI is InChI=1S/C60H59N3S.C3H9N.C2H6/c1-10-12-22-43(3)47(7)63(58-42-50(26-21-25-46(58)6)54-27-16-17-29-59(54)64-9)60(8)34-32-48(33-35-60)49-30-31-57-55(41-49)45(5)24-15-14-20-37-62(57)53-39-51(44(4)23-13-11-2)38-52(40-53)56-28-18-19-36-61-56;1-3(2)4;1-2/h10-20,22-34,36,38-42H,1,5,35,37H2,2-4,6-9H3;3H,4H2,1-2H3;1-2H3/b13-11-,20-14-,22-12-,24-15-,44-23+,47-43+;;. The van der Waals surface area contributed by atoms with Crippen LogP contribution in [0.3, 0.4) is 0 Å². The fourth-order valence-electron chi connectivity index (χ4n) is 8.43. The summed E-state index contributed by atoms with van der Waals surface area (Å²) < 4.78 is 0. The normalized spacial score (nSPS) is 18.0. The Hall–Kier alpha value is -6.88. The van der Waals surface area contributed by atoms with Crippen molar-refractivity contribution in [2.24, 2.45) is 5.73 Å². The molecule has 1 aromatic heterocycles. The predicted molar refractivity (Wildman–Crippen MR) is 311 cm³/mol. The molecule has 3 aromatic carbocycles. The summed E-state index contributed by atoms with van der Waals surface area (Å²) in [6.07, 6.45) is 39.4. The van der Waals surface area contributed by atoms with Crippen LogP contribution in [0.1, 0.15) is 97.9 Å². The van der Waals surface area contributed by atoms with E-state index in [1.165, 1.54) is 32.9 Å². The van der Waals surface area contributed by atoms with Crippen LogP contribution in [-0.2, 0) is 0 Å². The van der Waals surface area contributed by atoms with Crippen molar-refractivity contribution in [3.63, 3.8) is 0 Å². The summed E-state index contributed by atoms with van der Waals surface area (Å²) in [4.78, 5) is 10.9. The smallest absolute Gasteiger partial charge is 0.0702 e. The molecule has 0 fully saturated rings. The molecular weight excluding hydrogens is 869 g/mol. The van der Waals surface area contributed by atoms with Crippen molar-refractivity contribution in [3.8, 4) is 11.3 Å². The molecule has 1 unspecified atom stereocenters. The third-order valence-electron chi connectivity index (χ3n) is 12.1. The van der Waals surface area contributed by atoms with Gasteiger partial charge in [0.05, 0.1) is 11.2 Å². The number of hydrogen-bond donors (Lipinski definition) is 1. The number of thioether (sulfide) groups is 1. The average molecular weight is 943 g/mol. The molecule has 2 heterocycles. The molecule has 0 bridgehead atoms. The molecule has 360 valence electrons. The van der Waals surface area contributed by atoms with Crippen LogP contribution in [0.15, 0.2) is 229 Å². The number of nitrogens with two attached hydrogens (primary N) is 1. The van der Waals surface area contributed by atoms with E-state index in [2.05, 4.69) is 221 Å². The van der Waals surface area contributed by atoms with Crippen LogP contribution in [0, 0.1) is 0 Å². The average Bonchev–Trinajstić information content (AvgIpc) is 3.51. The maximum absolute atomic E-state index is 5.11. The Balaban J connectivity index is 0.00000145. The van der Waals surface area contributed by atoms with E-state index < -0.39 is 0 Å². The third kappa shape index (κ3) is 13.7. The molecule has 5 heteroatoms. The summed E-state index contributed by atoms with van der Waals surface area (Å²) in [5.41, 5.74) is 26.2. The molecule has 0 radical (unpaired) electrons. The largest absolute Gasteiger partial charge is 0.337 e. The number of hydrogen-bond acceptors (Lipinski definition) is 5. The third-order valence-corrected chi connectivity index (χ3v) is 12.9. The van der Waals surface area contributed by atoms with Crippen molar-refractivity contribution in [1.29, 1.82) is 0 Å². The lowest BCUT2D eigenvalue weighted by Crippen LogP contribution is -2.44. The molecule has 0 saturated carbocycles. The molecule has 0 saturated heterocycles. The fourth-order valence-corrected chi connectivity index (χ4v) is 9.05. The highest BCUT2D eigenvalue weighted by molar-refractivity contribution is 7.98. The van der Waals surface area contributed by atoms with Gasteiger partial charge in [-0.15, -0.1) is 17.5 Å². The maximum atomic E-state index is 5.11. The zero-order chi connectivity index (χ0) is 50.8. The first-order valence-electron chi connectivity index (χ1n) is 24.5. The highest BCUT2D eigenvalue weighted by Crippen LogP contribution is 2.43. The summed E-state index contributed by atoms with van der Waals surface area (Å²) in [5, 5.41) is 0. The first-order chi connectivity index (χ1) is 33.8. The van der Waals surface area contributed by atoms with Crippen molar-refractivity contribution in [2.75, 3.05) is 17.7 Å². The Morgan fingerprint density at radius 1 is 0.914 bits per heavy atom. The number of fused-ring (bicyclic) bond motifs is 1. The second-order valence-electron chi connectivity index (χ2n) is 17.8. The number of aromatic nitrogens is 1. The highest BCUT2D eigenvalue weighted by atomic mass is 32.2. The minimum absolute atomic E-state index is 0.333. The van der Waals surface area contributed by atoms with Gasteiger partial charge in [0.25, 0.3) is 0 Å². The number of allylic oxidation sites excluding steroid dienone is 19. The number of pyridine rings is 1. The Morgan fingerprint density at radius 3 is 2.36 bits per heavy atom. The second kappa shape index (κ2) is 26.2. The summed E-state index contributed by atoms with van der Waals surface area (Å²) >= 11 is 1.77. The van der Waals surface area contributed by atoms with Crippen LogP contribution in [0.5, 0.6) is 0 Å². The van der Waals surface area contributed by atoms with Gasteiger partial charge < -0.3 is 15.5 Å². The van der Waals surface area contributed by atoms with Crippen molar-refractivity contribution in [3.05, 3.63) is 246 Å². The van der Waals surface area contributed by atoms with Crippen LogP contribution in [-0.4, -0.2) is 34.3 Å². The second-order valence-corrected chi connectivity index (χ2v) is 18.7. The number of anilines is 2. The van der Waals surface area contributed by atoms with E-state index in [1.54, 1.807) is 11.8 Å². The Bertz CT molecular complexity index is 2890. The van der Waals surface area contributed by atoms with Crippen LogP contribution in [0.25, 0.3) is 33.5 Å². The molecule has 7 rings (SSSR count). The molecule has 0 spiro atoms. The summed E-state index contributed by atoms with van der Waals surface area (Å²) in [5.74, 6) is 0. The highest BCUT2D eigenvalue weighted by Gasteiger charge is 2.34. The van der Waals surface area contributed by atoms with E-state index in [4.69, 9.17) is 10.7 Å². The van der Waals surface area contributed by atoms with Gasteiger partial charge >= 0.3 is 0 Å². The van der Waals surface area contributed by atoms with Crippen molar-refractivity contribution in [2.45, 2.75) is 92.1 Å². The van der Waals surface area contributed by atoms with Gasteiger partial charge in [-0.3, -0.25) is 4.98 Å². The monoisotopic (exact) mass is 943 g/mol. The maximum Gasteiger partial charge on any atom is 0.0702 e. The quantitative estimate of drug-likeness (QED) is 0.0871. The number of rotatable bonds is 12. The van der Waals surface area contributed by atoms with Gasteiger partial charge in [0.15, 0.2) is 0 Å². The summed E-state index contributed by atoms with van der Waals surface area (Å²) in [6.45, 7) is 30.3. The summed E-state index contributed by atoms with van der Waals surface area (Å²) in [6, 6.07) is 28.7. The molecule has 70 heavy (non-hydrogen) atoms. The first-order valence-corrected chi connectivity index (χ1v) is 25.7. The molecule has 2 aliphatic carbocycles. The van der Waals surface area contributed by atoms with E-state index in [9.17, 15) is 0 Å². The fraction of sp³-hybridized carbons (Fsp3) is 0.231. The predicted octanol–water partition coefficient (Wildman–Crippen LogP) is 17.6. The lowest BCUT2D eigenvalue weighted by molar-refractivity contribution is 0.253. The van der Waals surface area contributed by atoms with E-state index in [-0.39, 0.29) is 5.54 Å². The first kappa shape index (κ1) is 54.1. The van der Waals surface area contributed by atoms with E-state index in [0.29, 0.717) is 12.6 Å². The van der Waals surface area contributed by atoms with E-state index in [1.807, 2.05) is 65.1 Å². The number of benzene rings is 3. The SMILES string of the molecule is C=C/C=C\C(C)=C(/C)N(C1=C(C)C=C=CC(c2ccccc2SC)=C1)C1(C)C=CC(c2ccc3c(c2)C(=C)/C=C\C=C/CN3c2cc(/C(C)=C/C=C\C)cc(-c3ccccn3)c2)=CC1.CC.CC(C)N.